The number of rotatable bonds is 9. The number of aliphatic carboxylic acids is 1. The molecular formula is C18H21F3N4O4S. The zero-order valence-corrected chi connectivity index (χ0v) is 16.5. The fourth-order valence-electron chi connectivity index (χ4n) is 2.56. The molecule has 2 aromatic rings. The second-order valence-corrected chi connectivity index (χ2v) is 9.16. The third kappa shape index (κ3) is 5.74. The van der Waals surface area contributed by atoms with Crippen molar-refractivity contribution >= 4 is 15.7 Å². The molecule has 2 unspecified atom stereocenters. The van der Waals surface area contributed by atoms with Crippen LogP contribution in [0.2, 0.25) is 0 Å². The number of carboxylic acids is 1. The average Bonchev–Trinajstić information content (AvgIpc) is 2.70. The lowest BCUT2D eigenvalue weighted by atomic mass is 9.98. The molecule has 0 saturated heterocycles. The molecule has 8 nitrogen and oxygen atoms in total. The summed E-state index contributed by atoms with van der Waals surface area (Å²) in [6.07, 6.45) is -4.37. The van der Waals surface area contributed by atoms with Crippen LogP contribution in [-0.4, -0.2) is 54.1 Å². The molecule has 0 bridgehead atoms. The van der Waals surface area contributed by atoms with E-state index in [1.165, 1.54) is 0 Å². The molecule has 0 amide bonds. The Labute approximate surface area is 171 Å². The summed E-state index contributed by atoms with van der Waals surface area (Å²) in [5.74, 6) is -3.64. The predicted molar refractivity (Wildman–Crippen MR) is 103 cm³/mol. The maximum atomic E-state index is 13.6. The van der Waals surface area contributed by atoms with Crippen molar-refractivity contribution in [2.75, 3.05) is 11.5 Å². The van der Waals surface area contributed by atoms with Crippen LogP contribution in [0.25, 0.3) is 11.1 Å². The van der Waals surface area contributed by atoms with E-state index in [2.05, 4.69) is 9.97 Å². The monoisotopic (exact) mass is 446 g/mol. The number of carboxylic acid groups (broad SMARTS) is 1. The van der Waals surface area contributed by atoms with E-state index in [1.54, 1.807) is 30.3 Å². The van der Waals surface area contributed by atoms with Gasteiger partial charge in [0.2, 0.25) is 5.60 Å². The van der Waals surface area contributed by atoms with E-state index in [9.17, 15) is 27.3 Å². The number of nitrogens with one attached hydrogen (secondary N) is 1. The largest absolute Gasteiger partial charge is 0.480 e. The van der Waals surface area contributed by atoms with E-state index in [-0.39, 0.29) is 6.42 Å². The molecule has 1 aromatic carbocycles. The number of hydrogen-bond acceptors (Lipinski definition) is 7. The summed E-state index contributed by atoms with van der Waals surface area (Å²) in [7, 11) is -3.62. The highest BCUT2D eigenvalue weighted by molar-refractivity contribution is 7.92. The van der Waals surface area contributed by atoms with Gasteiger partial charge in [0.15, 0.2) is 5.82 Å². The third-order valence-electron chi connectivity index (χ3n) is 4.47. The molecule has 0 fully saturated rings. The van der Waals surface area contributed by atoms with Gasteiger partial charge >= 0.3 is 12.1 Å². The second kappa shape index (κ2) is 9.06. The predicted octanol–water partition coefficient (Wildman–Crippen LogP) is 2.13. The lowest BCUT2D eigenvalue weighted by Gasteiger charge is -2.29. The first-order valence-electron chi connectivity index (χ1n) is 8.75. The summed E-state index contributed by atoms with van der Waals surface area (Å²) in [4.78, 5) is 18.0. The van der Waals surface area contributed by atoms with Gasteiger partial charge in [0.05, 0.1) is 0 Å². The van der Waals surface area contributed by atoms with Gasteiger partial charge < -0.3 is 15.9 Å². The smallest absolute Gasteiger partial charge is 0.424 e. The topological polar surface area (TPSA) is 150 Å². The molecule has 0 radical (unpaired) electrons. The number of carbonyl (C=O) groups is 1. The van der Waals surface area contributed by atoms with Gasteiger partial charge in [0.25, 0.3) is 0 Å². The van der Waals surface area contributed by atoms with E-state index >= 15 is 0 Å². The summed E-state index contributed by atoms with van der Waals surface area (Å²) in [6.45, 7) is 0. The number of aromatic nitrogens is 2. The molecule has 2 rings (SSSR count). The molecule has 1 aromatic heterocycles. The minimum atomic E-state index is -5.19. The molecule has 1 heterocycles. The van der Waals surface area contributed by atoms with Gasteiger partial charge in [-0.05, 0) is 12.0 Å². The van der Waals surface area contributed by atoms with Crippen molar-refractivity contribution in [1.29, 1.82) is 4.78 Å². The lowest BCUT2D eigenvalue weighted by Crippen LogP contribution is -2.45. The highest BCUT2D eigenvalue weighted by Gasteiger charge is 2.57. The van der Waals surface area contributed by atoms with E-state index in [0.717, 1.165) is 12.4 Å². The van der Waals surface area contributed by atoms with Crippen molar-refractivity contribution in [3.63, 3.8) is 0 Å². The first kappa shape index (κ1) is 23.7. The van der Waals surface area contributed by atoms with Crippen LogP contribution in [0.15, 0.2) is 42.7 Å². The minimum Gasteiger partial charge on any atom is -0.480 e. The number of aliphatic hydroxyl groups is 1. The van der Waals surface area contributed by atoms with Gasteiger partial charge in [-0.1, -0.05) is 30.3 Å². The number of halogens is 3. The zero-order chi connectivity index (χ0) is 22.6. The Morgan fingerprint density at radius 1 is 1.13 bits per heavy atom. The highest BCUT2D eigenvalue weighted by Crippen LogP contribution is 2.40. The maximum Gasteiger partial charge on any atom is 0.424 e. The molecule has 12 heteroatoms. The van der Waals surface area contributed by atoms with Crippen LogP contribution in [0.3, 0.4) is 0 Å². The quantitative estimate of drug-likeness (QED) is 0.461. The van der Waals surface area contributed by atoms with E-state index in [0.29, 0.717) is 11.1 Å². The van der Waals surface area contributed by atoms with Gasteiger partial charge in [0, 0.05) is 45.6 Å². The van der Waals surface area contributed by atoms with Gasteiger partial charge in [0.1, 0.15) is 6.04 Å². The molecule has 0 saturated carbocycles. The molecule has 0 aliphatic carbocycles. The number of nitrogens with zero attached hydrogens (tertiary/aromatic N) is 2. The molecule has 0 aliphatic heterocycles. The molecule has 30 heavy (non-hydrogen) atoms. The van der Waals surface area contributed by atoms with E-state index in [4.69, 9.17) is 15.6 Å². The Hall–Kier alpha value is -2.57. The first-order chi connectivity index (χ1) is 13.9. The molecule has 164 valence electrons. The fourth-order valence-corrected chi connectivity index (χ4v) is 4.02. The molecule has 3 atom stereocenters. The van der Waals surface area contributed by atoms with Gasteiger partial charge in [-0.25, -0.2) is 14.2 Å². The number of nitrogens with two attached hydrogens (primary N) is 1. The third-order valence-corrected chi connectivity index (χ3v) is 6.23. The Kier molecular flexibility index (Phi) is 7.16. The number of benzene rings is 1. The number of alkyl halides is 3. The van der Waals surface area contributed by atoms with Crippen LogP contribution in [0.1, 0.15) is 18.7 Å². The van der Waals surface area contributed by atoms with Crippen molar-refractivity contribution in [2.45, 2.75) is 30.7 Å². The van der Waals surface area contributed by atoms with Crippen LogP contribution < -0.4 is 5.73 Å². The van der Waals surface area contributed by atoms with Crippen molar-refractivity contribution in [3.05, 3.63) is 48.5 Å². The van der Waals surface area contributed by atoms with Crippen LogP contribution in [0.4, 0.5) is 13.2 Å². The molecular weight excluding hydrogens is 425 g/mol. The Morgan fingerprint density at radius 3 is 2.20 bits per heavy atom. The first-order valence-corrected chi connectivity index (χ1v) is 10.6. The summed E-state index contributed by atoms with van der Waals surface area (Å²) in [5, 5.41) is 19.0. The van der Waals surface area contributed by atoms with Gasteiger partial charge in [-0.15, -0.1) is 0 Å². The zero-order valence-electron chi connectivity index (χ0n) is 15.7. The molecule has 5 N–H and O–H groups in total. The number of hydrogen-bond donors (Lipinski definition) is 4. The average molecular weight is 446 g/mol. The van der Waals surface area contributed by atoms with Crippen molar-refractivity contribution < 1.29 is 32.4 Å². The Bertz CT molecular complexity index is 969. The maximum absolute atomic E-state index is 13.6. The van der Waals surface area contributed by atoms with Crippen molar-refractivity contribution in [1.82, 2.24) is 9.97 Å². The van der Waals surface area contributed by atoms with E-state index < -0.39 is 57.3 Å². The second-order valence-electron chi connectivity index (χ2n) is 6.72. The Balaban J connectivity index is 2.21. The lowest BCUT2D eigenvalue weighted by molar-refractivity contribution is -0.270. The van der Waals surface area contributed by atoms with Gasteiger partial charge in [-0.3, -0.25) is 9.57 Å². The van der Waals surface area contributed by atoms with Crippen molar-refractivity contribution in [2.24, 2.45) is 5.73 Å². The standard InChI is InChI=1S/C18H21F3N4O4S/c19-18(20,21)17(28,7-9-30(23,29)8-6-14(22)15(26)27)16-24-10-13(11-25-16)12-4-2-1-3-5-12/h1-5,10-11,14,23,28H,6-9,22H2,(H,26,27)/t14-,17?,30?/m0/s1. The Morgan fingerprint density at radius 2 is 1.70 bits per heavy atom. The van der Waals surface area contributed by atoms with Crippen LogP contribution in [-0.2, 0) is 20.1 Å². The highest BCUT2D eigenvalue weighted by atomic mass is 32.2. The fraction of sp³-hybridized carbons (Fsp3) is 0.389. The molecule has 0 spiro atoms. The summed E-state index contributed by atoms with van der Waals surface area (Å²) in [6, 6.07) is 7.28. The SMILES string of the molecule is N=S(=O)(CC[C@H](N)C(=O)O)CCC(O)(c1ncc(-c2ccccc2)cn1)C(F)(F)F. The van der Waals surface area contributed by atoms with E-state index in [1.807, 2.05) is 0 Å². The van der Waals surface area contributed by atoms with Crippen LogP contribution in [0.5, 0.6) is 0 Å². The summed E-state index contributed by atoms with van der Waals surface area (Å²) in [5.41, 5.74) is 2.87. The van der Waals surface area contributed by atoms with Gasteiger partial charge in [-0.2, -0.15) is 13.2 Å². The summed E-state index contributed by atoms with van der Waals surface area (Å²) < 4.78 is 60.9. The molecule has 0 aliphatic rings. The normalized spacial score (nSPS) is 17.0. The minimum absolute atomic E-state index is 0.343. The van der Waals surface area contributed by atoms with Crippen LogP contribution in [0, 0.1) is 4.78 Å². The van der Waals surface area contributed by atoms with Crippen LogP contribution >= 0.6 is 0 Å². The summed E-state index contributed by atoms with van der Waals surface area (Å²) >= 11 is 0. The van der Waals surface area contributed by atoms with Crippen molar-refractivity contribution in [3.8, 4) is 11.1 Å².